The molecule has 0 radical (unpaired) electrons. The fourth-order valence-corrected chi connectivity index (χ4v) is 2.91. The van der Waals surface area contributed by atoms with E-state index in [1.807, 2.05) is 0 Å². The molecular formula is C13H22O8. The molecule has 0 aromatic heterocycles. The van der Waals surface area contributed by atoms with Crippen LogP contribution in [0.1, 0.15) is 26.7 Å². The SMILES string of the molecule is CO[C@@]1(C)O[C@@H]2[C@H](O)C[C@@](O)(C(=O)O)C[C@H]2O[C@]1(C)OC. The molecule has 3 N–H and O–H groups in total. The Labute approximate surface area is 122 Å². The van der Waals surface area contributed by atoms with Gasteiger partial charge in [0.05, 0.1) is 12.2 Å². The Balaban J connectivity index is 2.31. The van der Waals surface area contributed by atoms with E-state index in [1.165, 1.54) is 14.2 Å². The first-order valence-electron chi connectivity index (χ1n) is 6.70. The lowest BCUT2D eigenvalue weighted by Gasteiger charge is -2.55. The van der Waals surface area contributed by atoms with Crippen LogP contribution in [0.4, 0.5) is 0 Å². The highest BCUT2D eigenvalue weighted by atomic mass is 16.8. The second kappa shape index (κ2) is 5.15. The first kappa shape index (κ1) is 16.6. The molecule has 0 spiro atoms. The summed E-state index contributed by atoms with van der Waals surface area (Å²) < 4.78 is 22.2. The van der Waals surface area contributed by atoms with Gasteiger partial charge < -0.3 is 34.3 Å². The summed E-state index contributed by atoms with van der Waals surface area (Å²) in [4.78, 5) is 11.2. The molecule has 122 valence electrons. The van der Waals surface area contributed by atoms with Crippen molar-refractivity contribution in [3.05, 3.63) is 0 Å². The molecule has 0 aromatic rings. The van der Waals surface area contributed by atoms with E-state index in [4.69, 9.17) is 24.1 Å². The van der Waals surface area contributed by atoms with Crippen molar-refractivity contribution in [1.82, 2.24) is 0 Å². The number of ether oxygens (including phenoxy) is 4. The zero-order chi connectivity index (χ0) is 16.1. The van der Waals surface area contributed by atoms with Gasteiger partial charge in [0, 0.05) is 27.1 Å². The van der Waals surface area contributed by atoms with Gasteiger partial charge in [0.1, 0.15) is 6.10 Å². The number of aliphatic hydroxyl groups excluding tert-OH is 1. The van der Waals surface area contributed by atoms with Gasteiger partial charge in [-0.2, -0.15) is 0 Å². The van der Waals surface area contributed by atoms with Crippen LogP contribution in [0.15, 0.2) is 0 Å². The van der Waals surface area contributed by atoms with Gasteiger partial charge in [-0.05, 0) is 13.8 Å². The van der Waals surface area contributed by atoms with Gasteiger partial charge in [-0.15, -0.1) is 0 Å². The van der Waals surface area contributed by atoms with Crippen molar-refractivity contribution < 1.29 is 39.1 Å². The first-order chi connectivity index (χ1) is 9.61. The number of rotatable bonds is 3. The molecule has 6 atom stereocenters. The van der Waals surface area contributed by atoms with Crippen molar-refractivity contribution in [1.29, 1.82) is 0 Å². The third kappa shape index (κ3) is 2.45. The first-order valence-corrected chi connectivity index (χ1v) is 6.70. The second-order valence-corrected chi connectivity index (χ2v) is 5.85. The Morgan fingerprint density at radius 1 is 1.14 bits per heavy atom. The van der Waals surface area contributed by atoms with Crippen LogP contribution in [0.2, 0.25) is 0 Å². The number of methoxy groups -OCH3 is 2. The number of aliphatic carboxylic acids is 1. The van der Waals surface area contributed by atoms with Crippen molar-refractivity contribution in [2.45, 2.75) is 62.2 Å². The summed E-state index contributed by atoms with van der Waals surface area (Å²) in [6.45, 7) is 3.20. The van der Waals surface area contributed by atoms with Crippen LogP contribution in [0, 0.1) is 0 Å². The molecule has 1 saturated carbocycles. The van der Waals surface area contributed by atoms with Crippen LogP contribution in [0.25, 0.3) is 0 Å². The van der Waals surface area contributed by atoms with Crippen LogP contribution < -0.4 is 0 Å². The van der Waals surface area contributed by atoms with Crippen molar-refractivity contribution >= 4 is 5.97 Å². The van der Waals surface area contributed by atoms with E-state index >= 15 is 0 Å². The summed E-state index contributed by atoms with van der Waals surface area (Å²) in [6, 6.07) is 0. The maximum Gasteiger partial charge on any atom is 0.335 e. The fraction of sp³-hybridized carbons (Fsp3) is 0.923. The minimum Gasteiger partial charge on any atom is -0.479 e. The fourth-order valence-electron chi connectivity index (χ4n) is 2.91. The number of aliphatic hydroxyl groups is 2. The Kier molecular flexibility index (Phi) is 4.07. The third-order valence-electron chi connectivity index (χ3n) is 4.57. The van der Waals surface area contributed by atoms with E-state index in [-0.39, 0.29) is 12.8 Å². The van der Waals surface area contributed by atoms with E-state index in [0.717, 1.165) is 0 Å². The summed E-state index contributed by atoms with van der Waals surface area (Å²) in [5.41, 5.74) is -2.06. The van der Waals surface area contributed by atoms with Crippen molar-refractivity contribution in [3.63, 3.8) is 0 Å². The number of hydrogen-bond acceptors (Lipinski definition) is 7. The van der Waals surface area contributed by atoms with Gasteiger partial charge in [0.15, 0.2) is 5.60 Å². The zero-order valence-corrected chi connectivity index (χ0v) is 12.5. The molecule has 21 heavy (non-hydrogen) atoms. The summed E-state index contributed by atoms with van der Waals surface area (Å²) in [5.74, 6) is -3.98. The summed E-state index contributed by atoms with van der Waals surface area (Å²) >= 11 is 0. The lowest BCUT2D eigenvalue weighted by Crippen LogP contribution is -2.70. The average molecular weight is 306 g/mol. The maximum absolute atomic E-state index is 11.2. The topological polar surface area (TPSA) is 115 Å². The highest BCUT2D eigenvalue weighted by Crippen LogP contribution is 2.45. The minimum atomic E-state index is -2.06. The Morgan fingerprint density at radius 3 is 2.14 bits per heavy atom. The van der Waals surface area contributed by atoms with Gasteiger partial charge in [0.2, 0.25) is 11.6 Å². The predicted octanol–water partition coefficient (Wildman–Crippen LogP) is -0.534. The third-order valence-corrected chi connectivity index (χ3v) is 4.57. The van der Waals surface area contributed by atoms with Crippen LogP contribution in [-0.2, 0) is 23.7 Å². The number of carbonyl (C=O) groups is 1. The predicted molar refractivity (Wildman–Crippen MR) is 68.4 cm³/mol. The quantitative estimate of drug-likeness (QED) is 0.637. The molecule has 0 amide bonds. The lowest BCUT2D eigenvalue weighted by atomic mass is 9.78. The largest absolute Gasteiger partial charge is 0.479 e. The van der Waals surface area contributed by atoms with E-state index in [9.17, 15) is 15.0 Å². The monoisotopic (exact) mass is 306 g/mol. The minimum absolute atomic E-state index is 0.206. The van der Waals surface area contributed by atoms with E-state index in [0.29, 0.717) is 0 Å². The van der Waals surface area contributed by atoms with Crippen molar-refractivity contribution in [2.24, 2.45) is 0 Å². The molecule has 2 fully saturated rings. The smallest absolute Gasteiger partial charge is 0.335 e. The molecule has 0 unspecified atom stereocenters. The second-order valence-electron chi connectivity index (χ2n) is 5.85. The standard InChI is InChI=1S/C13H22O8/c1-11(18-3)12(2,19-4)21-9-7(14)5-13(17,10(15)16)6-8(9)20-11/h7-9,14,17H,5-6H2,1-4H3,(H,15,16)/t7-,8-,9-,11+,12+,13+/m1/s1. The average Bonchev–Trinajstić information content (AvgIpc) is 2.41. The molecule has 1 aliphatic carbocycles. The number of hydrogen-bond donors (Lipinski definition) is 3. The highest BCUT2D eigenvalue weighted by Gasteiger charge is 2.62. The maximum atomic E-state index is 11.2. The van der Waals surface area contributed by atoms with E-state index < -0.39 is 41.5 Å². The molecule has 1 saturated heterocycles. The Hall–Kier alpha value is -0.770. The van der Waals surface area contributed by atoms with Crippen LogP contribution in [0.3, 0.4) is 0 Å². The molecule has 0 aromatic carbocycles. The Morgan fingerprint density at radius 2 is 1.67 bits per heavy atom. The van der Waals surface area contributed by atoms with Gasteiger partial charge in [-0.3, -0.25) is 0 Å². The van der Waals surface area contributed by atoms with Crippen LogP contribution in [-0.4, -0.2) is 71.0 Å². The van der Waals surface area contributed by atoms with E-state index in [2.05, 4.69) is 0 Å². The molecule has 1 heterocycles. The number of carboxylic acid groups (broad SMARTS) is 1. The summed E-state index contributed by atoms with van der Waals surface area (Å²) in [7, 11) is 2.83. The van der Waals surface area contributed by atoms with Gasteiger partial charge in [-0.25, -0.2) is 4.79 Å². The van der Waals surface area contributed by atoms with Gasteiger partial charge >= 0.3 is 5.97 Å². The number of carboxylic acids is 1. The molecule has 1 aliphatic heterocycles. The molecule has 0 bridgehead atoms. The van der Waals surface area contributed by atoms with Crippen LogP contribution in [0.5, 0.6) is 0 Å². The van der Waals surface area contributed by atoms with Crippen LogP contribution >= 0.6 is 0 Å². The lowest BCUT2D eigenvalue weighted by molar-refractivity contribution is -0.460. The number of fused-ring (bicyclic) bond motifs is 1. The van der Waals surface area contributed by atoms with Crippen molar-refractivity contribution in [2.75, 3.05) is 14.2 Å². The van der Waals surface area contributed by atoms with Gasteiger partial charge in [-0.1, -0.05) is 0 Å². The van der Waals surface area contributed by atoms with E-state index in [1.54, 1.807) is 13.8 Å². The summed E-state index contributed by atoms with van der Waals surface area (Å²) in [5, 5.41) is 29.4. The molecule has 8 heteroatoms. The van der Waals surface area contributed by atoms with Gasteiger partial charge in [0.25, 0.3) is 0 Å². The molecule has 8 nitrogen and oxygen atoms in total. The molecule has 2 aliphatic rings. The normalized spacial score (nSPS) is 50.5. The zero-order valence-electron chi connectivity index (χ0n) is 12.5. The highest BCUT2D eigenvalue weighted by molar-refractivity contribution is 5.77. The Bertz CT molecular complexity index is 428. The molecular weight excluding hydrogens is 284 g/mol. The van der Waals surface area contributed by atoms with Crippen molar-refractivity contribution in [3.8, 4) is 0 Å². The molecule has 2 rings (SSSR count). The summed E-state index contributed by atoms with van der Waals surface area (Å²) in [6.07, 6.45) is -3.37.